The van der Waals surface area contributed by atoms with Crippen LogP contribution in [0.15, 0.2) is 36.4 Å². The predicted octanol–water partition coefficient (Wildman–Crippen LogP) is 3.96. The van der Waals surface area contributed by atoms with Gasteiger partial charge in [-0.15, -0.1) is 13.2 Å². The number of hydrogen-bond acceptors (Lipinski definition) is 4. The number of amides is 1. The molecule has 2 aromatic carbocycles. The molecule has 0 aliphatic carbocycles. The Balaban J connectivity index is 1.76. The summed E-state index contributed by atoms with van der Waals surface area (Å²) in [6, 6.07) is 7.95. The molecule has 2 aromatic rings. The van der Waals surface area contributed by atoms with Gasteiger partial charge in [0.1, 0.15) is 5.75 Å². The molecule has 1 amide bonds. The van der Waals surface area contributed by atoms with Crippen molar-refractivity contribution in [1.82, 2.24) is 4.90 Å². The first-order valence-electron chi connectivity index (χ1n) is 7.56. The maximum Gasteiger partial charge on any atom is 0.573 e. The van der Waals surface area contributed by atoms with Gasteiger partial charge in [0.2, 0.25) is 0 Å². The van der Waals surface area contributed by atoms with E-state index in [0.717, 1.165) is 0 Å². The zero-order chi connectivity index (χ0) is 19.1. The second kappa shape index (κ2) is 6.32. The van der Waals surface area contributed by atoms with Gasteiger partial charge in [0, 0.05) is 30.8 Å². The fourth-order valence-corrected chi connectivity index (χ4v) is 2.96. The van der Waals surface area contributed by atoms with E-state index in [0.29, 0.717) is 22.3 Å². The van der Waals surface area contributed by atoms with Crippen molar-refractivity contribution in [3.63, 3.8) is 0 Å². The van der Waals surface area contributed by atoms with E-state index in [2.05, 4.69) is 4.74 Å². The Kier molecular flexibility index (Phi) is 4.31. The number of carbonyl (C=O) groups is 1. The minimum absolute atomic E-state index is 0.0791. The molecule has 0 spiro atoms. The summed E-state index contributed by atoms with van der Waals surface area (Å²) >= 11 is 0. The average Bonchev–Trinajstić information content (AvgIpc) is 2.84. The Bertz CT molecular complexity index is 879. The van der Waals surface area contributed by atoms with Crippen molar-refractivity contribution in [2.45, 2.75) is 26.4 Å². The third-order valence-electron chi connectivity index (χ3n) is 4.01. The molecule has 9 heteroatoms. The van der Waals surface area contributed by atoms with Gasteiger partial charge in [-0.2, -0.15) is 0 Å². The van der Waals surface area contributed by atoms with Gasteiger partial charge < -0.3 is 9.64 Å². The zero-order valence-corrected chi connectivity index (χ0v) is 13.5. The molecule has 1 aliphatic heterocycles. The van der Waals surface area contributed by atoms with Gasteiger partial charge in [0.15, 0.2) is 0 Å². The zero-order valence-electron chi connectivity index (χ0n) is 13.5. The summed E-state index contributed by atoms with van der Waals surface area (Å²) in [5.74, 6) is -0.605. The maximum atomic E-state index is 12.5. The van der Waals surface area contributed by atoms with Gasteiger partial charge in [0.05, 0.1) is 4.92 Å². The van der Waals surface area contributed by atoms with Crippen LogP contribution in [-0.4, -0.2) is 22.1 Å². The van der Waals surface area contributed by atoms with Gasteiger partial charge in [-0.05, 0) is 35.7 Å². The van der Waals surface area contributed by atoms with Gasteiger partial charge in [0.25, 0.3) is 11.6 Å². The van der Waals surface area contributed by atoms with Crippen molar-refractivity contribution < 1.29 is 27.6 Å². The second-order valence-electron chi connectivity index (χ2n) is 5.91. The Morgan fingerprint density at radius 1 is 1.23 bits per heavy atom. The van der Waals surface area contributed by atoms with E-state index in [1.54, 1.807) is 6.92 Å². The number of hydrogen-bond donors (Lipinski definition) is 0. The number of non-ortho nitro benzene ring substituents is 1. The quantitative estimate of drug-likeness (QED) is 0.607. The molecule has 0 radical (unpaired) electrons. The van der Waals surface area contributed by atoms with Gasteiger partial charge in [-0.1, -0.05) is 12.1 Å². The maximum absolute atomic E-state index is 12.5. The first-order chi connectivity index (χ1) is 12.1. The number of nitro benzene ring substituents is 1. The number of carbonyl (C=O) groups excluding carboxylic acids is 1. The van der Waals surface area contributed by atoms with Crippen LogP contribution in [-0.2, 0) is 13.1 Å². The molecular formula is C17H13F3N2O4. The number of nitro groups is 1. The predicted molar refractivity (Wildman–Crippen MR) is 84.5 cm³/mol. The van der Waals surface area contributed by atoms with Crippen molar-refractivity contribution in [1.29, 1.82) is 0 Å². The highest BCUT2D eigenvalue weighted by atomic mass is 19.4. The Labute approximate surface area is 145 Å². The van der Waals surface area contributed by atoms with E-state index >= 15 is 0 Å². The molecule has 0 bridgehead atoms. The Morgan fingerprint density at radius 3 is 2.46 bits per heavy atom. The minimum atomic E-state index is -4.76. The molecule has 26 heavy (non-hydrogen) atoms. The molecule has 0 saturated heterocycles. The Morgan fingerprint density at radius 2 is 1.88 bits per heavy atom. The number of fused-ring (bicyclic) bond motifs is 1. The number of benzene rings is 2. The molecule has 136 valence electrons. The topological polar surface area (TPSA) is 72.7 Å². The molecule has 0 saturated carbocycles. The van der Waals surface area contributed by atoms with Crippen molar-refractivity contribution in [2.24, 2.45) is 0 Å². The molecule has 0 N–H and O–H groups in total. The van der Waals surface area contributed by atoms with Crippen LogP contribution >= 0.6 is 0 Å². The average molecular weight is 366 g/mol. The smallest absolute Gasteiger partial charge is 0.406 e. The van der Waals surface area contributed by atoms with Crippen molar-refractivity contribution in [3.05, 3.63) is 68.8 Å². The van der Waals surface area contributed by atoms with E-state index in [9.17, 15) is 28.1 Å². The summed E-state index contributed by atoms with van der Waals surface area (Å²) in [7, 11) is 0. The van der Waals surface area contributed by atoms with E-state index in [-0.39, 0.29) is 30.4 Å². The summed E-state index contributed by atoms with van der Waals surface area (Å²) in [6.07, 6.45) is -4.76. The number of aryl methyl sites for hydroxylation is 1. The van der Waals surface area contributed by atoms with E-state index in [1.807, 2.05) is 0 Å². The summed E-state index contributed by atoms with van der Waals surface area (Å²) in [5.41, 5.74) is 2.07. The third kappa shape index (κ3) is 3.61. The standard InChI is InChI=1S/C17H13F3N2O4/c1-10-6-13(22(24)25)7-12-9-21(16(23)15(10)12)8-11-2-4-14(5-3-11)26-17(18,19)20/h2-7H,8-9H2,1H3. The van der Waals surface area contributed by atoms with Gasteiger partial charge in [-0.3, -0.25) is 14.9 Å². The lowest BCUT2D eigenvalue weighted by atomic mass is 10.0. The van der Waals surface area contributed by atoms with Crippen LogP contribution in [0.5, 0.6) is 5.75 Å². The molecule has 3 rings (SSSR count). The van der Waals surface area contributed by atoms with Crippen LogP contribution in [0.4, 0.5) is 18.9 Å². The third-order valence-corrected chi connectivity index (χ3v) is 4.01. The molecule has 1 heterocycles. The number of halogens is 3. The molecule has 6 nitrogen and oxygen atoms in total. The summed E-state index contributed by atoms with van der Waals surface area (Å²) in [5, 5.41) is 11.0. The fraction of sp³-hybridized carbons (Fsp3) is 0.235. The summed E-state index contributed by atoms with van der Waals surface area (Å²) < 4.78 is 40.3. The van der Waals surface area contributed by atoms with Crippen molar-refractivity contribution in [3.8, 4) is 5.75 Å². The van der Waals surface area contributed by atoms with Crippen LogP contribution in [0.3, 0.4) is 0 Å². The largest absolute Gasteiger partial charge is 0.573 e. The molecular weight excluding hydrogens is 353 g/mol. The molecule has 1 aliphatic rings. The van der Waals surface area contributed by atoms with Crippen LogP contribution in [0.25, 0.3) is 0 Å². The normalized spacial score (nSPS) is 13.7. The van der Waals surface area contributed by atoms with E-state index < -0.39 is 11.3 Å². The molecule has 0 unspecified atom stereocenters. The van der Waals surface area contributed by atoms with Crippen LogP contribution in [0.1, 0.15) is 27.0 Å². The number of nitrogens with zero attached hydrogens (tertiary/aromatic N) is 2. The minimum Gasteiger partial charge on any atom is -0.406 e. The number of rotatable bonds is 4. The highest BCUT2D eigenvalue weighted by Crippen LogP contribution is 2.31. The lowest BCUT2D eigenvalue weighted by Gasteiger charge is -2.16. The van der Waals surface area contributed by atoms with E-state index in [4.69, 9.17) is 0 Å². The first-order valence-corrected chi connectivity index (χ1v) is 7.56. The van der Waals surface area contributed by atoms with Crippen LogP contribution < -0.4 is 4.74 Å². The molecule has 0 atom stereocenters. The molecule has 0 fully saturated rings. The lowest BCUT2D eigenvalue weighted by molar-refractivity contribution is -0.385. The van der Waals surface area contributed by atoms with E-state index in [1.165, 1.54) is 41.3 Å². The SMILES string of the molecule is Cc1cc([N+](=O)[O-])cc2c1C(=O)N(Cc1ccc(OC(F)(F)F)cc1)C2. The summed E-state index contributed by atoms with van der Waals surface area (Å²) in [4.78, 5) is 24.5. The van der Waals surface area contributed by atoms with Crippen LogP contribution in [0, 0.1) is 17.0 Å². The van der Waals surface area contributed by atoms with Crippen molar-refractivity contribution >= 4 is 11.6 Å². The van der Waals surface area contributed by atoms with Gasteiger partial charge >= 0.3 is 6.36 Å². The number of ether oxygens (including phenoxy) is 1. The second-order valence-corrected chi connectivity index (χ2v) is 5.91. The lowest BCUT2D eigenvalue weighted by Crippen LogP contribution is -2.23. The van der Waals surface area contributed by atoms with Crippen LogP contribution in [0.2, 0.25) is 0 Å². The van der Waals surface area contributed by atoms with Gasteiger partial charge in [-0.25, -0.2) is 0 Å². The highest BCUT2D eigenvalue weighted by Gasteiger charge is 2.32. The number of alkyl halides is 3. The highest BCUT2D eigenvalue weighted by molar-refractivity contribution is 6.00. The monoisotopic (exact) mass is 366 g/mol. The molecule has 0 aromatic heterocycles. The summed E-state index contributed by atoms with van der Waals surface area (Å²) in [6.45, 7) is 2.01. The van der Waals surface area contributed by atoms with Crippen molar-refractivity contribution in [2.75, 3.05) is 0 Å². The first kappa shape index (κ1) is 17.7. The fourth-order valence-electron chi connectivity index (χ4n) is 2.96. The Hall–Kier alpha value is -3.10.